The molecule has 146 valence electrons. The molecule has 3 aromatic rings. The largest absolute Gasteiger partial charge is 0.507 e. The number of ether oxygens (including phenoxy) is 1. The zero-order valence-corrected chi connectivity index (χ0v) is 16.1. The number of nitrogens with zero attached hydrogens (tertiary/aromatic N) is 1. The van der Waals surface area contributed by atoms with E-state index in [2.05, 4.69) is 41.4 Å². The average molecular weight is 394 g/mol. The Balaban J connectivity index is 1.34. The van der Waals surface area contributed by atoms with Crippen molar-refractivity contribution >= 4 is 6.09 Å². The molecule has 0 aliphatic heterocycles. The van der Waals surface area contributed by atoms with Gasteiger partial charge in [-0.1, -0.05) is 60.4 Å². The van der Waals surface area contributed by atoms with Crippen LogP contribution in [-0.2, 0) is 4.74 Å². The van der Waals surface area contributed by atoms with Crippen molar-refractivity contribution in [2.45, 2.75) is 5.92 Å². The van der Waals surface area contributed by atoms with E-state index in [0.29, 0.717) is 5.56 Å². The molecule has 1 amide bonds. The minimum Gasteiger partial charge on any atom is -0.507 e. The maximum atomic E-state index is 12.1. The number of nitriles is 1. The van der Waals surface area contributed by atoms with Gasteiger partial charge in [0.1, 0.15) is 18.4 Å². The minimum absolute atomic E-state index is 0.0101. The molecule has 30 heavy (non-hydrogen) atoms. The van der Waals surface area contributed by atoms with Gasteiger partial charge in [-0.3, -0.25) is 0 Å². The van der Waals surface area contributed by atoms with Crippen LogP contribution in [0.1, 0.15) is 28.2 Å². The third kappa shape index (κ3) is 3.83. The lowest BCUT2D eigenvalue weighted by Gasteiger charge is -2.14. The first-order valence-electron chi connectivity index (χ1n) is 9.48. The van der Waals surface area contributed by atoms with E-state index in [1.54, 1.807) is 6.07 Å². The molecule has 0 unspecified atom stereocenters. The van der Waals surface area contributed by atoms with Crippen LogP contribution in [0.4, 0.5) is 4.79 Å². The van der Waals surface area contributed by atoms with Crippen molar-refractivity contribution in [3.05, 3.63) is 89.0 Å². The van der Waals surface area contributed by atoms with Crippen LogP contribution >= 0.6 is 0 Å². The molecule has 0 heterocycles. The summed E-state index contributed by atoms with van der Waals surface area (Å²) >= 11 is 0. The smallest absolute Gasteiger partial charge is 0.407 e. The van der Waals surface area contributed by atoms with Gasteiger partial charge in [0.2, 0.25) is 0 Å². The first kappa shape index (κ1) is 19.1. The zero-order valence-electron chi connectivity index (χ0n) is 16.1. The summed E-state index contributed by atoms with van der Waals surface area (Å²) in [5.41, 5.74) is 5.43. The molecule has 5 heteroatoms. The van der Waals surface area contributed by atoms with Crippen LogP contribution in [-0.4, -0.2) is 24.4 Å². The number of hydrogen-bond acceptors (Lipinski definition) is 4. The number of carbonyl (C=O) groups excluding carboxylic acids is 1. The number of phenolic OH excluding ortho intramolecular Hbond substituents is 1. The maximum absolute atomic E-state index is 12.1. The van der Waals surface area contributed by atoms with Crippen LogP contribution in [0.2, 0.25) is 0 Å². The second-order valence-electron chi connectivity index (χ2n) is 6.82. The lowest BCUT2D eigenvalue weighted by Crippen LogP contribution is -2.26. The fourth-order valence-corrected chi connectivity index (χ4v) is 3.62. The SMILES string of the molecule is N#Cc1ccc(C#CCNC(=O)OCC2c3ccccc3-c3ccccc32)cc1O. The Hall–Kier alpha value is -4.22. The molecule has 0 aromatic heterocycles. The van der Waals surface area contributed by atoms with E-state index in [1.165, 1.54) is 23.3 Å². The van der Waals surface area contributed by atoms with Gasteiger partial charge in [-0.15, -0.1) is 0 Å². The summed E-state index contributed by atoms with van der Waals surface area (Å²) in [7, 11) is 0. The molecule has 0 atom stereocenters. The predicted octanol–water partition coefficient (Wildman–Crippen LogP) is 4.15. The van der Waals surface area contributed by atoms with Gasteiger partial charge in [-0.2, -0.15) is 5.26 Å². The highest BCUT2D eigenvalue weighted by Gasteiger charge is 2.28. The molecule has 0 saturated heterocycles. The topological polar surface area (TPSA) is 82.4 Å². The predicted molar refractivity (Wildman–Crippen MR) is 113 cm³/mol. The first-order valence-corrected chi connectivity index (χ1v) is 9.48. The number of nitrogens with one attached hydrogen (secondary N) is 1. The minimum atomic E-state index is -0.533. The fourth-order valence-electron chi connectivity index (χ4n) is 3.62. The molecule has 5 nitrogen and oxygen atoms in total. The highest BCUT2D eigenvalue weighted by atomic mass is 16.5. The van der Waals surface area contributed by atoms with Crippen molar-refractivity contribution in [2.24, 2.45) is 0 Å². The molecule has 2 N–H and O–H groups in total. The van der Waals surface area contributed by atoms with Crippen LogP contribution in [0.25, 0.3) is 11.1 Å². The molecule has 0 fully saturated rings. The van der Waals surface area contributed by atoms with E-state index in [0.717, 1.165) is 11.1 Å². The van der Waals surface area contributed by atoms with E-state index < -0.39 is 6.09 Å². The summed E-state index contributed by atoms with van der Waals surface area (Å²) in [6, 6.07) is 22.8. The Kier molecular flexibility index (Phi) is 5.37. The average Bonchev–Trinajstić information content (AvgIpc) is 3.09. The second-order valence-corrected chi connectivity index (χ2v) is 6.82. The van der Waals surface area contributed by atoms with Crippen molar-refractivity contribution in [1.82, 2.24) is 5.32 Å². The third-order valence-electron chi connectivity index (χ3n) is 5.02. The molecule has 0 radical (unpaired) electrons. The molecule has 3 aromatic carbocycles. The van der Waals surface area contributed by atoms with Crippen LogP contribution in [0.5, 0.6) is 5.75 Å². The number of hydrogen-bond donors (Lipinski definition) is 2. The summed E-state index contributed by atoms with van der Waals surface area (Å²) in [4.78, 5) is 12.1. The van der Waals surface area contributed by atoms with Crippen LogP contribution < -0.4 is 5.32 Å². The Morgan fingerprint density at radius 1 is 1.03 bits per heavy atom. The maximum Gasteiger partial charge on any atom is 0.407 e. The van der Waals surface area contributed by atoms with Crippen molar-refractivity contribution < 1.29 is 14.6 Å². The van der Waals surface area contributed by atoms with Gasteiger partial charge in [-0.05, 0) is 40.5 Å². The third-order valence-corrected chi connectivity index (χ3v) is 5.02. The standard InChI is InChI=1S/C25H18N2O3/c26-15-18-12-11-17(14-24(18)28)6-5-13-27-25(29)30-16-23-21-9-3-1-7-19(21)20-8-2-4-10-22(20)23/h1-4,7-12,14,23,28H,13,16H2,(H,27,29). The molecular weight excluding hydrogens is 376 g/mol. The van der Waals surface area contributed by atoms with Gasteiger partial charge >= 0.3 is 6.09 Å². The fraction of sp³-hybridized carbons (Fsp3) is 0.120. The van der Waals surface area contributed by atoms with E-state index in [-0.39, 0.29) is 30.4 Å². The van der Waals surface area contributed by atoms with Gasteiger partial charge in [0.15, 0.2) is 0 Å². The van der Waals surface area contributed by atoms with Crippen LogP contribution in [0.3, 0.4) is 0 Å². The number of rotatable bonds is 3. The van der Waals surface area contributed by atoms with Gasteiger partial charge in [-0.25, -0.2) is 4.79 Å². The van der Waals surface area contributed by atoms with Gasteiger partial charge in [0.05, 0.1) is 12.1 Å². The number of amides is 1. The van der Waals surface area contributed by atoms with Crippen molar-refractivity contribution in [2.75, 3.05) is 13.2 Å². The summed E-state index contributed by atoms with van der Waals surface area (Å²) < 4.78 is 5.45. The number of aromatic hydroxyl groups is 1. The summed E-state index contributed by atoms with van der Waals surface area (Å²) in [5, 5.41) is 21.1. The number of fused-ring (bicyclic) bond motifs is 3. The summed E-state index contributed by atoms with van der Waals surface area (Å²) in [6.07, 6.45) is -0.533. The Bertz CT molecular complexity index is 1170. The number of carbonyl (C=O) groups is 1. The molecule has 0 saturated carbocycles. The number of phenols is 1. The lowest BCUT2D eigenvalue weighted by molar-refractivity contribution is 0.144. The zero-order chi connectivity index (χ0) is 20.9. The summed E-state index contributed by atoms with van der Waals surface area (Å²) in [5.74, 6) is 5.52. The number of benzene rings is 3. The van der Waals surface area contributed by atoms with E-state index in [4.69, 9.17) is 10.00 Å². The summed E-state index contributed by atoms with van der Waals surface area (Å²) in [6.45, 7) is 0.355. The van der Waals surface area contributed by atoms with Gasteiger partial charge in [0.25, 0.3) is 0 Å². The quantitative estimate of drug-likeness (QED) is 0.654. The van der Waals surface area contributed by atoms with Crippen molar-refractivity contribution in [1.29, 1.82) is 5.26 Å². The molecule has 1 aliphatic rings. The van der Waals surface area contributed by atoms with E-state index in [1.807, 2.05) is 30.3 Å². The van der Waals surface area contributed by atoms with Crippen molar-refractivity contribution in [3.63, 3.8) is 0 Å². The van der Waals surface area contributed by atoms with Crippen LogP contribution in [0, 0.1) is 23.2 Å². The van der Waals surface area contributed by atoms with E-state index in [9.17, 15) is 9.90 Å². The van der Waals surface area contributed by atoms with Gasteiger partial charge in [0, 0.05) is 11.5 Å². The molecule has 0 bridgehead atoms. The first-order chi connectivity index (χ1) is 14.7. The highest BCUT2D eigenvalue weighted by Crippen LogP contribution is 2.44. The van der Waals surface area contributed by atoms with Crippen molar-refractivity contribution in [3.8, 4) is 34.8 Å². The normalized spacial score (nSPS) is 11.4. The molecule has 1 aliphatic carbocycles. The number of alkyl carbamates (subject to hydrolysis) is 1. The van der Waals surface area contributed by atoms with Gasteiger partial charge < -0.3 is 15.2 Å². The Morgan fingerprint density at radius 2 is 1.70 bits per heavy atom. The molecule has 4 rings (SSSR count). The monoisotopic (exact) mass is 394 g/mol. The Morgan fingerprint density at radius 3 is 2.33 bits per heavy atom. The second kappa shape index (κ2) is 8.43. The molecular formula is C25H18N2O3. The lowest BCUT2D eigenvalue weighted by atomic mass is 9.98. The molecule has 0 spiro atoms. The van der Waals surface area contributed by atoms with E-state index >= 15 is 0 Å². The van der Waals surface area contributed by atoms with Crippen LogP contribution in [0.15, 0.2) is 66.7 Å². The Labute approximate surface area is 174 Å². The highest BCUT2D eigenvalue weighted by molar-refractivity contribution is 5.79.